The van der Waals surface area contributed by atoms with E-state index in [1.807, 2.05) is 18.4 Å². The van der Waals surface area contributed by atoms with Crippen LogP contribution in [0.5, 0.6) is 0 Å². The molecule has 1 aromatic heterocycles. The number of carbonyl (C=O) groups is 1. The minimum atomic E-state index is -0.476. The molecule has 21 heavy (non-hydrogen) atoms. The molecule has 5 nitrogen and oxygen atoms in total. The Morgan fingerprint density at radius 2 is 2.14 bits per heavy atom. The molecule has 6 heteroatoms. The third-order valence-electron chi connectivity index (χ3n) is 3.00. The van der Waals surface area contributed by atoms with Gasteiger partial charge in [0.2, 0.25) is 0 Å². The molecule has 0 radical (unpaired) electrons. The first kappa shape index (κ1) is 15.3. The second-order valence-corrected chi connectivity index (χ2v) is 5.30. The molecule has 0 aliphatic heterocycles. The number of nitrogens with zero attached hydrogens (tertiary/aromatic N) is 3. The van der Waals surface area contributed by atoms with Crippen molar-refractivity contribution >= 4 is 17.7 Å². The van der Waals surface area contributed by atoms with Crippen LogP contribution in [0.2, 0.25) is 0 Å². The van der Waals surface area contributed by atoms with Crippen molar-refractivity contribution in [3.8, 4) is 0 Å². The first-order chi connectivity index (χ1) is 10.2. The molecule has 0 unspecified atom stereocenters. The van der Waals surface area contributed by atoms with E-state index in [4.69, 9.17) is 4.74 Å². The zero-order valence-corrected chi connectivity index (χ0v) is 12.9. The van der Waals surface area contributed by atoms with Crippen LogP contribution in [0.1, 0.15) is 21.7 Å². The molecule has 0 saturated carbocycles. The lowest BCUT2D eigenvalue weighted by Crippen LogP contribution is -2.09. The van der Waals surface area contributed by atoms with Crippen LogP contribution in [-0.4, -0.2) is 33.8 Å². The van der Waals surface area contributed by atoms with Crippen molar-refractivity contribution in [2.75, 3.05) is 12.9 Å². The van der Waals surface area contributed by atoms with E-state index in [1.165, 1.54) is 11.0 Å². The number of aromatic nitrogens is 3. The smallest absolute Gasteiger partial charge is 0.361 e. The van der Waals surface area contributed by atoms with Gasteiger partial charge in [-0.25, -0.2) is 9.48 Å². The molecular weight excluding hydrogens is 286 g/mol. The molecular formula is C15H17N3O2S. The number of carbonyl (C=O) groups excluding carboxylic acids is 1. The van der Waals surface area contributed by atoms with Gasteiger partial charge in [-0.3, -0.25) is 0 Å². The number of hydrogen-bond acceptors (Lipinski definition) is 5. The highest BCUT2D eigenvalue weighted by atomic mass is 32.2. The summed E-state index contributed by atoms with van der Waals surface area (Å²) in [5.74, 6) is -0.476. The molecule has 0 aliphatic rings. The Bertz CT molecular complexity index is 635. The van der Waals surface area contributed by atoms with E-state index in [1.54, 1.807) is 23.4 Å². The first-order valence-corrected chi connectivity index (χ1v) is 7.69. The van der Waals surface area contributed by atoms with Gasteiger partial charge in [0.15, 0.2) is 5.69 Å². The van der Waals surface area contributed by atoms with E-state index < -0.39 is 5.97 Å². The Balaban J connectivity index is 2.12. The van der Waals surface area contributed by atoms with Gasteiger partial charge in [-0.2, -0.15) is 0 Å². The summed E-state index contributed by atoms with van der Waals surface area (Å²) in [4.78, 5) is 13.0. The average molecular weight is 303 g/mol. The summed E-state index contributed by atoms with van der Waals surface area (Å²) < 4.78 is 6.67. The van der Waals surface area contributed by atoms with Gasteiger partial charge in [-0.15, -0.1) is 16.9 Å². The zero-order chi connectivity index (χ0) is 15.2. The second kappa shape index (κ2) is 7.08. The summed E-state index contributed by atoms with van der Waals surface area (Å²) in [6.45, 7) is 6.05. The molecule has 0 saturated heterocycles. The molecule has 0 spiro atoms. The summed E-state index contributed by atoms with van der Waals surface area (Å²) in [5.41, 5.74) is 2.04. The highest BCUT2D eigenvalue weighted by molar-refractivity contribution is 7.98. The van der Waals surface area contributed by atoms with E-state index >= 15 is 0 Å². The fraction of sp³-hybridized carbons (Fsp3) is 0.267. The average Bonchev–Trinajstić information content (AvgIpc) is 2.87. The van der Waals surface area contributed by atoms with E-state index in [0.29, 0.717) is 12.2 Å². The van der Waals surface area contributed by atoms with Gasteiger partial charge in [0.25, 0.3) is 0 Å². The SMILES string of the molecule is C=CCOC(=O)c1nnn(Cc2ccc(SC)cc2)c1C. The van der Waals surface area contributed by atoms with Crippen molar-refractivity contribution < 1.29 is 9.53 Å². The third kappa shape index (κ3) is 3.72. The van der Waals surface area contributed by atoms with Crippen LogP contribution >= 0.6 is 11.8 Å². The third-order valence-corrected chi connectivity index (χ3v) is 3.74. The van der Waals surface area contributed by atoms with Gasteiger partial charge in [-0.05, 0) is 30.9 Å². The fourth-order valence-electron chi connectivity index (χ4n) is 1.81. The lowest BCUT2D eigenvalue weighted by Gasteiger charge is -2.05. The Morgan fingerprint density at radius 1 is 1.43 bits per heavy atom. The summed E-state index contributed by atoms with van der Waals surface area (Å²) >= 11 is 1.70. The number of benzene rings is 1. The van der Waals surface area contributed by atoms with E-state index in [-0.39, 0.29) is 12.3 Å². The highest BCUT2D eigenvalue weighted by Gasteiger charge is 2.17. The maximum absolute atomic E-state index is 11.8. The molecule has 0 bridgehead atoms. The Morgan fingerprint density at radius 3 is 2.76 bits per heavy atom. The maximum Gasteiger partial charge on any atom is 0.361 e. The van der Waals surface area contributed by atoms with Crippen LogP contribution < -0.4 is 0 Å². The lowest BCUT2D eigenvalue weighted by molar-refractivity contribution is 0.0542. The van der Waals surface area contributed by atoms with Gasteiger partial charge in [0.1, 0.15) is 6.61 Å². The van der Waals surface area contributed by atoms with Crippen LogP contribution in [0.4, 0.5) is 0 Å². The Hall–Kier alpha value is -2.08. The van der Waals surface area contributed by atoms with Crippen molar-refractivity contribution in [3.63, 3.8) is 0 Å². The van der Waals surface area contributed by atoms with Gasteiger partial charge in [0, 0.05) is 4.90 Å². The second-order valence-electron chi connectivity index (χ2n) is 4.42. The number of hydrogen-bond donors (Lipinski definition) is 0. The summed E-state index contributed by atoms with van der Waals surface area (Å²) in [6, 6.07) is 8.21. The molecule has 0 fully saturated rings. The minimum Gasteiger partial charge on any atom is -0.457 e. The van der Waals surface area contributed by atoms with Crippen molar-refractivity contribution in [2.45, 2.75) is 18.4 Å². The van der Waals surface area contributed by atoms with Crippen molar-refractivity contribution in [1.29, 1.82) is 0 Å². The summed E-state index contributed by atoms with van der Waals surface area (Å²) in [5, 5.41) is 7.92. The molecule has 2 rings (SSSR count). The fourth-order valence-corrected chi connectivity index (χ4v) is 2.21. The van der Waals surface area contributed by atoms with Crippen molar-refractivity contribution in [1.82, 2.24) is 15.0 Å². The van der Waals surface area contributed by atoms with E-state index in [9.17, 15) is 4.79 Å². The highest BCUT2D eigenvalue weighted by Crippen LogP contribution is 2.16. The van der Waals surface area contributed by atoms with Gasteiger partial charge >= 0.3 is 5.97 Å². The molecule has 0 N–H and O–H groups in total. The van der Waals surface area contributed by atoms with E-state index in [2.05, 4.69) is 29.0 Å². The number of thioether (sulfide) groups is 1. The number of esters is 1. The standard InChI is InChI=1S/C15H17N3O2S/c1-4-9-20-15(19)14-11(2)18(17-16-14)10-12-5-7-13(21-3)8-6-12/h4-8H,1,9-10H2,2-3H3. The number of rotatable bonds is 6. The Labute approximate surface area is 128 Å². The van der Waals surface area contributed by atoms with Crippen molar-refractivity contribution in [2.24, 2.45) is 0 Å². The molecule has 1 aromatic carbocycles. The topological polar surface area (TPSA) is 57.0 Å². The van der Waals surface area contributed by atoms with Crippen LogP contribution in [0.15, 0.2) is 41.8 Å². The normalized spacial score (nSPS) is 10.4. The predicted molar refractivity (Wildman–Crippen MR) is 82.6 cm³/mol. The molecule has 110 valence electrons. The summed E-state index contributed by atoms with van der Waals surface area (Å²) in [7, 11) is 0. The van der Waals surface area contributed by atoms with Crippen molar-refractivity contribution in [3.05, 3.63) is 53.9 Å². The molecule has 0 amide bonds. The van der Waals surface area contributed by atoms with Gasteiger partial charge < -0.3 is 4.74 Å². The quantitative estimate of drug-likeness (QED) is 0.466. The van der Waals surface area contributed by atoms with Crippen LogP contribution in [0, 0.1) is 6.92 Å². The maximum atomic E-state index is 11.8. The zero-order valence-electron chi connectivity index (χ0n) is 12.1. The summed E-state index contributed by atoms with van der Waals surface area (Å²) in [6.07, 6.45) is 3.56. The van der Waals surface area contributed by atoms with E-state index in [0.717, 1.165) is 5.56 Å². The lowest BCUT2D eigenvalue weighted by atomic mass is 10.2. The van der Waals surface area contributed by atoms with Crippen LogP contribution in [0.3, 0.4) is 0 Å². The Kier molecular flexibility index (Phi) is 5.16. The monoisotopic (exact) mass is 303 g/mol. The number of ether oxygens (including phenoxy) is 1. The van der Waals surface area contributed by atoms with Gasteiger partial charge in [-0.1, -0.05) is 30.0 Å². The molecule has 0 aliphatic carbocycles. The minimum absolute atomic E-state index is 0.168. The molecule has 1 heterocycles. The predicted octanol–water partition coefficient (Wildman–Crippen LogP) is 2.70. The molecule has 0 atom stereocenters. The van der Waals surface area contributed by atoms with Crippen LogP contribution in [-0.2, 0) is 11.3 Å². The molecule has 2 aromatic rings. The van der Waals surface area contributed by atoms with Crippen LogP contribution in [0.25, 0.3) is 0 Å². The van der Waals surface area contributed by atoms with Gasteiger partial charge in [0.05, 0.1) is 12.2 Å². The first-order valence-electron chi connectivity index (χ1n) is 6.46. The largest absolute Gasteiger partial charge is 0.457 e.